The van der Waals surface area contributed by atoms with Crippen molar-refractivity contribution in [3.05, 3.63) is 0 Å². The van der Waals surface area contributed by atoms with Gasteiger partial charge in [0.25, 0.3) is 0 Å². The highest BCUT2D eigenvalue weighted by atomic mass is 16.5. The molecule has 0 aromatic rings. The standard InChI is InChI=1S/C13H21NO4/c1-5-13(2,3)12(17)18-7-6-9-8-10(15)14(4)11(9)16/h9H,5-8H2,1-4H3. The molecule has 0 aliphatic carbocycles. The number of nitrogens with zero attached hydrogens (tertiary/aromatic N) is 1. The van der Waals surface area contributed by atoms with Crippen molar-refractivity contribution < 1.29 is 19.1 Å². The van der Waals surface area contributed by atoms with E-state index in [9.17, 15) is 14.4 Å². The van der Waals surface area contributed by atoms with Crippen LogP contribution in [0.2, 0.25) is 0 Å². The maximum absolute atomic E-state index is 11.7. The molecule has 1 aliphatic heterocycles. The number of esters is 1. The van der Waals surface area contributed by atoms with Crippen LogP contribution < -0.4 is 0 Å². The summed E-state index contributed by atoms with van der Waals surface area (Å²) in [5.41, 5.74) is -0.494. The quantitative estimate of drug-likeness (QED) is 0.549. The van der Waals surface area contributed by atoms with E-state index >= 15 is 0 Å². The average Bonchev–Trinajstić information content (AvgIpc) is 2.57. The molecule has 1 atom stereocenters. The second-order valence-electron chi connectivity index (χ2n) is 5.35. The molecule has 0 bridgehead atoms. The minimum absolute atomic E-state index is 0.162. The molecule has 1 unspecified atom stereocenters. The smallest absolute Gasteiger partial charge is 0.311 e. The van der Waals surface area contributed by atoms with Gasteiger partial charge in [0.1, 0.15) is 0 Å². The zero-order valence-electron chi connectivity index (χ0n) is 11.5. The Morgan fingerprint density at radius 3 is 2.50 bits per heavy atom. The lowest BCUT2D eigenvalue weighted by molar-refractivity contribution is -0.155. The van der Waals surface area contributed by atoms with E-state index in [0.717, 1.165) is 4.90 Å². The molecule has 0 aromatic heterocycles. The minimum Gasteiger partial charge on any atom is -0.465 e. The molecule has 18 heavy (non-hydrogen) atoms. The third-order valence-electron chi connectivity index (χ3n) is 3.61. The Bertz CT molecular complexity index is 362. The van der Waals surface area contributed by atoms with Gasteiger partial charge in [0.2, 0.25) is 11.8 Å². The number of rotatable bonds is 5. The maximum Gasteiger partial charge on any atom is 0.311 e. The third kappa shape index (κ3) is 3.09. The van der Waals surface area contributed by atoms with Gasteiger partial charge in [-0.3, -0.25) is 19.3 Å². The van der Waals surface area contributed by atoms with Gasteiger partial charge >= 0.3 is 5.97 Å². The number of hydrogen-bond acceptors (Lipinski definition) is 4. The van der Waals surface area contributed by atoms with Crippen LogP contribution in [0.1, 0.15) is 40.0 Å². The van der Waals surface area contributed by atoms with Crippen LogP contribution in [-0.4, -0.2) is 36.3 Å². The Morgan fingerprint density at radius 1 is 1.44 bits per heavy atom. The predicted octanol–water partition coefficient (Wildman–Crippen LogP) is 1.36. The fraction of sp³-hybridized carbons (Fsp3) is 0.769. The molecule has 1 rings (SSSR count). The first-order valence-electron chi connectivity index (χ1n) is 6.27. The molecule has 0 aromatic carbocycles. The van der Waals surface area contributed by atoms with Crippen LogP contribution >= 0.6 is 0 Å². The molecular formula is C13H21NO4. The zero-order chi connectivity index (χ0) is 13.9. The first kappa shape index (κ1) is 14.7. The number of imide groups is 1. The summed E-state index contributed by atoms with van der Waals surface area (Å²) in [4.78, 5) is 35.7. The number of likely N-dealkylation sites (tertiary alicyclic amines) is 1. The molecule has 5 nitrogen and oxygen atoms in total. The van der Waals surface area contributed by atoms with Crippen molar-refractivity contribution in [1.29, 1.82) is 0 Å². The van der Waals surface area contributed by atoms with E-state index in [2.05, 4.69) is 0 Å². The predicted molar refractivity (Wildman–Crippen MR) is 65.5 cm³/mol. The number of carbonyl (C=O) groups is 3. The lowest BCUT2D eigenvalue weighted by Crippen LogP contribution is -2.28. The second-order valence-corrected chi connectivity index (χ2v) is 5.35. The van der Waals surface area contributed by atoms with Crippen LogP contribution in [0.4, 0.5) is 0 Å². The van der Waals surface area contributed by atoms with Gasteiger partial charge in [0.15, 0.2) is 0 Å². The van der Waals surface area contributed by atoms with Gasteiger partial charge in [0, 0.05) is 13.5 Å². The monoisotopic (exact) mass is 255 g/mol. The normalized spacial score (nSPS) is 20.4. The molecule has 1 saturated heterocycles. The SMILES string of the molecule is CCC(C)(C)C(=O)OCCC1CC(=O)N(C)C1=O. The molecule has 1 fully saturated rings. The van der Waals surface area contributed by atoms with Gasteiger partial charge in [-0.25, -0.2) is 0 Å². The first-order chi connectivity index (χ1) is 8.29. The highest BCUT2D eigenvalue weighted by Gasteiger charge is 2.36. The van der Waals surface area contributed by atoms with E-state index < -0.39 is 5.41 Å². The van der Waals surface area contributed by atoms with Crippen molar-refractivity contribution in [2.75, 3.05) is 13.7 Å². The van der Waals surface area contributed by atoms with Crippen molar-refractivity contribution >= 4 is 17.8 Å². The van der Waals surface area contributed by atoms with Crippen molar-refractivity contribution in [3.63, 3.8) is 0 Å². The Hall–Kier alpha value is -1.39. The summed E-state index contributed by atoms with van der Waals surface area (Å²) in [5, 5.41) is 0. The molecule has 2 amide bonds. The Balaban J connectivity index is 2.38. The van der Waals surface area contributed by atoms with E-state index in [1.165, 1.54) is 7.05 Å². The summed E-state index contributed by atoms with van der Waals surface area (Å²) in [6.45, 7) is 5.77. The molecule has 5 heteroatoms. The highest BCUT2D eigenvalue weighted by molar-refractivity contribution is 6.03. The molecule has 1 heterocycles. The Morgan fingerprint density at radius 2 is 2.06 bits per heavy atom. The van der Waals surface area contributed by atoms with Crippen molar-refractivity contribution in [3.8, 4) is 0 Å². The Kier molecular flexibility index (Phi) is 4.48. The highest BCUT2D eigenvalue weighted by Crippen LogP contribution is 2.24. The maximum atomic E-state index is 11.7. The lowest BCUT2D eigenvalue weighted by atomic mass is 9.91. The van der Waals surface area contributed by atoms with Gasteiger partial charge in [0.05, 0.1) is 17.9 Å². The second kappa shape index (κ2) is 5.50. The molecule has 0 radical (unpaired) electrons. The van der Waals surface area contributed by atoms with Crippen molar-refractivity contribution in [2.24, 2.45) is 11.3 Å². The fourth-order valence-corrected chi connectivity index (χ4v) is 1.69. The van der Waals surface area contributed by atoms with Gasteiger partial charge in [-0.05, 0) is 26.7 Å². The summed E-state index contributed by atoms with van der Waals surface area (Å²) in [6, 6.07) is 0. The fourth-order valence-electron chi connectivity index (χ4n) is 1.69. The number of carbonyl (C=O) groups excluding carboxylic acids is 3. The molecule has 0 N–H and O–H groups in total. The van der Waals surface area contributed by atoms with E-state index in [0.29, 0.717) is 12.8 Å². The van der Waals surface area contributed by atoms with E-state index in [4.69, 9.17) is 4.74 Å². The number of amides is 2. The van der Waals surface area contributed by atoms with Crippen LogP contribution in [0.15, 0.2) is 0 Å². The summed E-state index contributed by atoms with van der Waals surface area (Å²) >= 11 is 0. The Labute approximate surface area is 107 Å². The summed E-state index contributed by atoms with van der Waals surface area (Å²) < 4.78 is 5.16. The van der Waals surface area contributed by atoms with Crippen LogP contribution in [0, 0.1) is 11.3 Å². The van der Waals surface area contributed by atoms with E-state index in [-0.39, 0.29) is 36.7 Å². The van der Waals surface area contributed by atoms with Crippen LogP contribution in [-0.2, 0) is 19.1 Å². The summed E-state index contributed by atoms with van der Waals surface area (Å²) in [5.74, 6) is -0.925. The van der Waals surface area contributed by atoms with Gasteiger partial charge in [-0.1, -0.05) is 6.92 Å². The molecular weight excluding hydrogens is 234 g/mol. The van der Waals surface area contributed by atoms with E-state index in [1.807, 2.05) is 20.8 Å². The van der Waals surface area contributed by atoms with Crippen LogP contribution in [0.5, 0.6) is 0 Å². The van der Waals surface area contributed by atoms with Gasteiger partial charge < -0.3 is 4.74 Å². The first-order valence-corrected chi connectivity index (χ1v) is 6.27. The largest absolute Gasteiger partial charge is 0.465 e. The lowest BCUT2D eigenvalue weighted by Gasteiger charge is -2.20. The average molecular weight is 255 g/mol. The van der Waals surface area contributed by atoms with Crippen LogP contribution in [0.3, 0.4) is 0 Å². The summed E-state index contributed by atoms with van der Waals surface area (Å²) in [6.07, 6.45) is 1.35. The molecule has 102 valence electrons. The topological polar surface area (TPSA) is 63.7 Å². The van der Waals surface area contributed by atoms with Crippen LogP contribution in [0.25, 0.3) is 0 Å². The molecule has 0 saturated carbocycles. The summed E-state index contributed by atoms with van der Waals surface area (Å²) in [7, 11) is 1.48. The minimum atomic E-state index is -0.494. The zero-order valence-corrected chi connectivity index (χ0v) is 11.5. The third-order valence-corrected chi connectivity index (χ3v) is 3.61. The van der Waals surface area contributed by atoms with Gasteiger partial charge in [-0.2, -0.15) is 0 Å². The van der Waals surface area contributed by atoms with Crippen molar-refractivity contribution in [2.45, 2.75) is 40.0 Å². The number of ether oxygens (including phenoxy) is 1. The van der Waals surface area contributed by atoms with Crippen molar-refractivity contribution in [1.82, 2.24) is 4.90 Å². The number of hydrogen-bond donors (Lipinski definition) is 0. The van der Waals surface area contributed by atoms with E-state index in [1.54, 1.807) is 0 Å². The molecule has 0 spiro atoms. The van der Waals surface area contributed by atoms with Gasteiger partial charge in [-0.15, -0.1) is 0 Å². The molecule has 1 aliphatic rings.